The second-order valence-electron chi connectivity index (χ2n) is 2.37. The van der Waals surface area contributed by atoms with Gasteiger partial charge in [0.15, 0.2) is 0 Å². The minimum atomic E-state index is -0.572. The SMILES string of the molecule is [N-]=[N+]=NCC(=O)NNC(=O)c1cccs1. The van der Waals surface area contributed by atoms with Crippen LogP contribution in [0.1, 0.15) is 9.67 Å². The molecule has 0 aliphatic heterocycles. The molecule has 0 bridgehead atoms. The molecular formula is C7H7N5O2S. The Morgan fingerprint density at radius 3 is 2.93 bits per heavy atom. The molecule has 1 aromatic rings. The number of thiophene rings is 1. The van der Waals surface area contributed by atoms with E-state index in [1.165, 1.54) is 11.3 Å². The van der Waals surface area contributed by atoms with Gasteiger partial charge in [-0.05, 0) is 17.0 Å². The molecule has 1 rings (SSSR count). The van der Waals surface area contributed by atoms with E-state index >= 15 is 0 Å². The maximum absolute atomic E-state index is 11.3. The predicted molar refractivity (Wildman–Crippen MR) is 53.9 cm³/mol. The molecule has 78 valence electrons. The molecule has 15 heavy (non-hydrogen) atoms. The molecule has 0 fully saturated rings. The van der Waals surface area contributed by atoms with Gasteiger partial charge in [0.1, 0.15) is 6.54 Å². The zero-order valence-electron chi connectivity index (χ0n) is 7.51. The lowest BCUT2D eigenvalue weighted by Crippen LogP contribution is -2.42. The Labute approximate surface area is 88.7 Å². The van der Waals surface area contributed by atoms with Crippen molar-refractivity contribution in [3.63, 3.8) is 0 Å². The van der Waals surface area contributed by atoms with Gasteiger partial charge in [-0.3, -0.25) is 20.4 Å². The third kappa shape index (κ3) is 3.67. The first-order valence-corrected chi connectivity index (χ1v) is 4.75. The van der Waals surface area contributed by atoms with Crippen molar-refractivity contribution in [3.05, 3.63) is 32.8 Å². The molecule has 0 aliphatic rings. The second-order valence-corrected chi connectivity index (χ2v) is 3.32. The van der Waals surface area contributed by atoms with Crippen LogP contribution in [0.3, 0.4) is 0 Å². The van der Waals surface area contributed by atoms with Gasteiger partial charge in [-0.15, -0.1) is 11.3 Å². The van der Waals surface area contributed by atoms with Crippen LogP contribution in [-0.2, 0) is 4.79 Å². The fraction of sp³-hybridized carbons (Fsp3) is 0.143. The Hall–Kier alpha value is -2.05. The van der Waals surface area contributed by atoms with E-state index in [0.29, 0.717) is 4.88 Å². The Morgan fingerprint density at radius 1 is 1.53 bits per heavy atom. The van der Waals surface area contributed by atoms with Crippen molar-refractivity contribution in [2.75, 3.05) is 6.54 Å². The summed E-state index contributed by atoms with van der Waals surface area (Å²) in [4.78, 5) is 25.0. The molecule has 8 heteroatoms. The molecule has 0 spiro atoms. The number of carbonyl (C=O) groups excluding carboxylic acids is 2. The van der Waals surface area contributed by atoms with E-state index < -0.39 is 11.8 Å². The van der Waals surface area contributed by atoms with Gasteiger partial charge in [0.25, 0.3) is 5.91 Å². The van der Waals surface area contributed by atoms with Gasteiger partial charge >= 0.3 is 0 Å². The molecule has 0 atom stereocenters. The van der Waals surface area contributed by atoms with Crippen molar-refractivity contribution in [2.45, 2.75) is 0 Å². The molecule has 7 nitrogen and oxygen atoms in total. The average Bonchev–Trinajstić information content (AvgIpc) is 2.76. The molecule has 0 aromatic carbocycles. The third-order valence-electron chi connectivity index (χ3n) is 1.34. The lowest BCUT2D eigenvalue weighted by Gasteiger charge is -2.03. The van der Waals surface area contributed by atoms with Crippen molar-refractivity contribution >= 4 is 23.2 Å². The van der Waals surface area contributed by atoms with Crippen molar-refractivity contribution in [2.24, 2.45) is 5.11 Å². The van der Waals surface area contributed by atoms with Crippen LogP contribution in [0.2, 0.25) is 0 Å². The number of nitrogens with one attached hydrogen (secondary N) is 2. The molecule has 1 heterocycles. The minimum Gasteiger partial charge on any atom is -0.273 e. The van der Waals surface area contributed by atoms with Crippen LogP contribution in [0.4, 0.5) is 0 Å². The Bertz CT molecular complexity index is 396. The van der Waals surface area contributed by atoms with E-state index in [9.17, 15) is 9.59 Å². The summed E-state index contributed by atoms with van der Waals surface area (Å²) in [6, 6.07) is 3.35. The first-order valence-electron chi connectivity index (χ1n) is 3.87. The van der Waals surface area contributed by atoms with Crippen LogP contribution >= 0.6 is 11.3 Å². The largest absolute Gasteiger partial charge is 0.279 e. The third-order valence-corrected chi connectivity index (χ3v) is 2.21. The van der Waals surface area contributed by atoms with Gasteiger partial charge in [0.05, 0.1) is 4.88 Å². The highest BCUT2D eigenvalue weighted by Crippen LogP contribution is 2.06. The summed E-state index contributed by atoms with van der Waals surface area (Å²) in [6.07, 6.45) is 0. The highest BCUT2D eigenvalue weighted by molar-refractivity contribution is 7.12. The normalized spacial score (nSPS) is 8.80. The average molecular weight is 225 g/mol. The zero-order chi connectivity index (χ0) is 11.1. The topological polar surface area (TPSA) is 107 Å². The van der Waals surface area contributed by atoms with Crippen LogP contribution in [0.25, 0.3) is 10.4 Å². The molecule has 2 amide bonds. The Morgan fingerprint density at radius 2 is 2.33 bits per heavy atom. The maximum Gasteiger partial charge on any atom is 0.279 e. The molecule has 0 saturated heterocycles. The Balaban J connectivity index is 2.34. The van der Waals surface area contributed by atoms with Crippen molar-refractivity contribution in [3.8, 4) is 0 Å². The zero-order valence-corrected chi connectivity index (χ0v) is 8.32. The number of nitrogens with zero attached hydrogens (tertiary/aromatic N) is 3. The van der Waals surface area contributed by atoms with Crippen molar-refractivity contribution in [1.29, 1.82) is 0 Å². The van der Waals surface area contributed by atoms with Gasteiger partial charge in [0, 0.05) is 4.91 Å². The van der Waals surface area contributed by atoms with Gasteiger partial charge < -0.3 is 0 Å². The first kappa shape index (κ1) is 11.0. The van der Waals surface area contributed by atoms with Crippen molar-refractivity contribution in [1.82, 2.24) is 10.9 Å². The van der Waals surface area contributed by atoms with Crippen LogP contribution in [-0.4, -0.2) is 18.4 Å². The van der Waals surface area contributed by atoms with Crippen LogP contribution in [0.15, 0.2) is 22.6 Å². The highest BCUT2D eigenvalue weighted by Gasteiger charge is 2.06. The maximum atomic E-state index is 11.3. The fourth-order valence-electron chi connectivity index (χ4n) is 0.731. The molecular weight excluding hydrogens is 218 g/mol. The number of hydrogen-bond acceptors (Lipinski definition) is 4. The smallest absolute Gasteiger partial charge is 0.273 e. The lowest BCUT2D eigenvalue weighted by atomic mass is 10.4. The number of azide groups is 1. The molecule has 0 aliphatic carbocycles. The van der Waals surface area contributed by atoms with Crippen LogP contribution < -0.4 is 10.9 Å². The lowest BCUT2D eigenvalue weighted by molar-refractivity contribution is -0.120. The number of hydrazine groups is 1. The summed E-state index contributed by atoms with van der Waals surface area (Å²) < 4.78 is 0. The van der Waals surface area contributed by atoms with Gasteiger partial charge in [0.2, 0.25) is 5.91 Å². The summed E-state index contributed by atoms with van der Waals surface area (Å²) in [5.41, 5.74) is 12.2. The Kier molecular flexibility index (Phi) is 4.14. The fourth-order valence-corrected chi connectivity index (χ4v) is 1.35. The van der Waals surface area contributed by atoms with E-state index in [0.717, 1.165) is 0 Å². The van der Waals surface area contributed by atoms with Gasteiger partial charge in [-0.25, -0.2) is 0 Å². The van der Waals surface area contributed by atoms with Gasteiger partial charge in [-0.2, -0.15) is 0 Å². The number of hydrogen-bond donors (Lipinski definition) is 2. The number of carbonyl (C=O) groups is 2. The number of rotatable bonds is 3. The van der Waals surface area contributed by atoms with Crippen LogP contribution in [0.5, 0.6) is 0 Å². The van der Waals surface area contributed by atoms with E-state index in [1.807, 2.05) is 0 Å². The highest BCUT2D eigenvalue weighted by atomic mass is 32.1. The summed E-state index contributed by atoms with van der Waals surface area (Å²) in [6.45, 7) is -0.346. The second kappa shape index (κ2) is 5.63. The predicted octanol–water partition coefficient (Wildman–Crippen LogP) is 0.819. The quantitative estimate of drug-likeness (QED) is 0.344. The van der Waals surface area contributed by atoms with E-state index in [1.54, 1.807) is 17.5 Å². The number of amides is 2. The summed E-state index contributed by atoms with van der Waals surface area (Å²) in [5, 5.41) is 4.78. The van der Waals surface area contributed by atoms with E-state index in [4.69, 9.17) is 5.53 Å². The van der Waals surface area contributed by atoms with Crippen molar-refractivity contribution < 1.29 is 9.59 Å². The summed E-state index contributed by atoms with van der Waals surface area (Å²) in [5.74, 6) is -0.975. The molecule has 0 saturated carbocycles. The standard InChI is InChI=1S/C7H7N5O2S/c8-12-9-4-6(13)10-11-7(14)5-2-1-3-15-5/h1-3H,4H2,(H,10,13)(H,11,14). The van der Waals surface area contributed by atoms with Crippen LogP contribution in [0, 0.1) is 0 Å². The summed E-state index contributed by atoms with van der Waals surface area (Å²) >= 11 is 1.26. The first-order chi connectivity index (χ1) is 7.24. The minimum absolute atomic E-state index is 0.346. The van der Waals surface area contributed by atoms with Gasteiger partial charge in [-0.1, -0.05) is 11.2 Å². The molecule has 0 radical (unpaired) electrons. The summed E-state index contributed by atoms with van der Waals surface area (Å²) in [7, 11) is 0. The monoisotopic (exact) mass is 225 g/mol. The van der Waals surface area contributed by atoms with E-state index in [2.05, 4.69) is 20.9 Å². The molecule has 0 unspecified atom stereocenters. The van der Waals surface area contributed by atoms with E-state index in [-0.39, 0.29) is 6.54 Å². The molecule has 2 N–H and O–H groups in total. The molecule has 1 aromatic heterocycles.